The topological polar surface area (TPSA) is 66.8 Å². The van der Waals surface area contributed by atoms with E-state index in [-0.39, 0.29) is 18.4 Å². The number of ether oxygens (including phenoxy) is 1. The van der Waals surface area contributed by atoms with E-state index in [1.807, 2.05) is 30.3 Å². The molecule has 2 aliphatic heterocycles. The molecule has 2 heterocycles. The van der Waals surface area contributed by atoms with Gasteiger partial charge in [-0.2, -0.15) is 0 Å². The summed E-state index contributed by atoms with van der Waals surface area (Å²) in [6.07, 6.45) is 0.707. The lowest BCUT2D eigenvalue weighted by molar-refractivity contribution is -0.149. The van der Waals surface area contributed by atoms with Crippen LogP contribution in [-0.4, -0.2) is 54.9 Å². The van der Waals surface area contributed by atoms with Gasteiger partial charge in [0, 0.05) is 32.2 Å². The van der Waals surface area contributed by atoms with Gasteiger partial charge in [-0.05, 0) is 18.4 Å². The molecule has 0 radical (unpaired) electrons. The van der Waals surface area contributed by atoms with E-state index in [0.717, 1.165) is 5.56 Å². The van der Waals surface area contributed by atoms with E-state index in [0.29, 0.717) is 32.6 Å². The van der Waals surface area contributed by atoms with Crippen LogP contribution in [0.4, 0.5) is 4.39 Å². The Morgan fingerprint density at radius 1 is 1.21 bits per heavy atom. The van der Waals surface area contributed by atoms with Crippen molar-refractivity contribution in [3.05, 3.63) is 35.9 Å². The lowest BCUT2D eigenvalue weighted by atomic mass is 9.80. The number of rotatable bonds is 4. The molecule has 24 heavy (non-hydrogen) atoms. The van der Waals surface area contributed by atoms with Gasteiger partial charge in [0.05, 0.1) is 11.3 Å². The maximum Gasteiger partial charge on any atom is 0.308 e. The summed E-state index contributed by atoms with van der Waals surface area (Å²) in [7, 11) is 0. The number of carboxylic acids is 1. The second kappa shape index (κ2) is 6.89. The number of halogens is 1. The van der Waals surface area contributed by atoms with Gasteiger partial charge in [0.25, 0.3) is 0 Å². The highest BCUT2D eigenvalue weighted by Crippen LogP contribution is 2.39. The van der Waals surface area contributed by atoms with Crippen LogP contribution in [0.1, 0.15) is 24.3 Å². The van der Waals surface area contributed by atoms with Crippen LogP contribution in [0.5, 0.6) is 0 Å². The highest BCUT2D eigenvalue weighted by atomic mass is 19.1. The van der Waals surface area contributed by atoms with Gasteiger partial charge >= 0.3 is 5.97 Å². The van der Waals surface area contributed by atoms with Gasteiger partial charge in [0.15, 0.2) is 0 Å². The van der Waals surface area contributed by atoms with Crippen molar-refractivity contribution in [1.82, 2.24) is 4.90 Å². The van der Waals surface area contributed by atoms with Gasteiger partial charge in [-0.1, -0.05) is 30.3 Å². The number of carbonyl (C=O) groups excluding carboxylic acids is 1. The summed E-state index contributed by atoms with van der Waals surface area (Å²) in [5.41, 5.74) is -0.145. The first-order valence-corrected chi connectivity index (χ1v) is 8.28. The van der Waals surface area contributed by atoms with Gasteiger partial charge in [0.1, 0.15) is 6.67 Å². The molecule has 1 N–H and O–H groups in total. The Morgan fingerprint density at radius 2 is 1.88 bits per heavy atom. The zero-order valence-corrected chi connectivity index (χ0v) is 13.5. The van der Waals surface area contributed by atoms with E-state index in [1.165, 1.54) is 0 Å². The Morgan fingerprint density at radius 3 is 2.46 bits per heavy atom. The maximum absolute atomic E-state index is 13.7. The van der Waals surface area contributed by atoms with Crippen molar-refractivity contribution in [3.8, 4) is 0 Å². The second-order valence-corrected chi connectivity index (χ2v) is 6.70. The van der Waals surface area contributed by atoms with Crippen LogP contribution in [0.25, 0.3) is 0 Å². The zero-order chi connectivity index (χ0) is 17.2. The number of carbonyl (C=O) groups is 2. The zero-order valence-electron chi connectivity index (χ0n) is 13.5. The molecule has 2 atom stereocenters. The van der Waals surface area contributed by atoms with E-state index < -0.39 is 24.0 Å². The van der Waals surface area contributed by atoms with Crippen LogP contribution >= 0.6 is 0 Å². The fraction of sp³-hybridized carbons (Fsp3) is 0.556. The van der Waals surface area contributed by atoms with Crippen LogP contribution < -0.4 is 0 Å². The van der Waals surface area contributed by atoms with E-state index in [4.69, 9.17) is 4.74 Å². The van der Waals surface area contributed by atoms with Gasteiger partial charge in [-0.15, -0.1) is 0 Å². The molecule has 1 amide bonds. The number of likely N-dealkylation sites (tertiary alicyclic amines) is 1. The summed E-state index contributed by atoms with van der Waals surface area (Å²) in [4.78, 5) is 26.1. The molecule has 130 valence electrons. The van der Waals surface area contributed by atoms with E-state index in [2.05, 4.69) is 0 Å². The number of alkyl halides is 1. The number of amides is 1. The average Bonchev–Trinajstić information content (AvgIpc) is 3.08. The lowest BCUT2D eigenvalue weighted by Gasteiger charge is -2.36. The first-order valence-electron chi connectivity index (χ1n) is 8.28. The summed E-state index contributed by atoms with van der Waals surface area (Å²) < 4.78 is 19.0. The minimum absolute atomic E-state index is 0.135. The number of benzene rings is 1. The molecule has 1 aromatic carbocycles. The first-order chi connectivity index (χ1) is 11.6. The van der Waals surface area contributed by atoms with Crippen molar-refractivity contribution in [2.45, 2.75) is 18.8 Å². The fourth-order valence-electron chi connectivity index (χ4n) is 3.76. The van der Waals surface area contributed by atoms with Crippen molar-refractivity contribution >= 4 is 11.9 Å². The minimum atomic E-state index is -1.05. The van der Waals surface area contributed by atoms with Crippen LogP contribution in [0, 0.1) is 11.3 Å². The molecule has 2 fully saturated rings. The Labute approximate surface area is 140 Å². The molecule has 0 spiro atoms. The minimum Gasteiger partial charge on any atom is -0.481 e. The Bertz CT molecular complexity index is 600. The molecule has 0 aliphatic carbocycles. The predicted octanol–water partition coefficient (Wildman–Crippen LogP) is 2.08. The summed E-state index contributed by atoms with van der Waals surface area (Å²) in [5.74, 6) is -2.10. The highest BCUT2D eigenvalue weighted by Gasteiger charge is 2.48. The summed E-state index contributed by atoms with van der Waals surface area (Å²) in [5, 5.41) is 9.54. The molecule has 1 aromatic rings. The predicted molar refractivity (Wildman–Crippen MR) is 85.3 cm³/mol. The molecule has 2 aliphatic rings. The fourth-order valence-corrected chi connectivity index (χ4v) is 3.76. The van der Waals surface area contributed by atoms with Gasteiger partial charge in [-0.25, -0.2) is 4.39 Å². The third kappa shape index (κ3) is 3.02. The molecule has 0 bridgehead atoms. The summed E-state index contributed by atoms with van der Waals surface area (Å²) in [6, 6.07) is 9.36. The normalized spacial score (nSPS) is 26.3. The quantitative estimate of drug-likeness (QED) is 0.915. The average molecular weight is 335 g/mol. The third-order valence-corrected chi connectivity index (χ3v) is 5.31. The highest BCUT2D eigenvalue weighted by molar-refractivity contribution is 5.85. The van der Waals surface area contributed by atoms with Crippen molar-refractivity contribution in [2.75, 3.05) is 33.0 Å². The molecule has 3 rings (SSSR count). The standard InChI is InChI=1S/C18H22FNO4/c19-12-18(6-8-24-9-7-18)17(23)20-10-14(15(11-20)16(21)22)13-4-2-1-3-5-13/h1-5,14-15H,6-12H2,(H,21,22)/t14-,15+/m0/s1. The molecule has 2 saturated heterocycles. The number of aliphatic carboxylic acids is 1. The van der Waals surface area contributed by atoms with Crippen LogP contribution in [0.15, 0.2) is 30.3 Å². The first kappa shape index (κ1) is 16.9. The molecular weight excluding hydrogens is 313 g/mol. The summed E-state index contributed by atoms with van der Waals surface area (Å²) in [6.45, 7) is 0.472. The molecule has 0 unspecified atom stereocenters. The van der Waals surface area contributed by atoms with Crippen molar-refractivity contribution in [3.63, 3.8) is 0 Å². The Hall–Kier alpha value is -1.95. The molecule has 0 saturated carbocycles. The van der Waals surface area contributed by atoms with E-state index in [1.54, 1.807) is 4.90 Å². The van der Waals surface area contributed by atoms with Crippen LogP contribution in [0.3, 0.4) is 0 Å². The van der Waals surface area contributed by atoms with Gasteiger partial charge in [-0.3, -0.25) is 9.59 Å². The molecule has 6 heteroatoms. The van der Waals surface area contributed by atoms with Crippen LogP contribution in [-0.2, 0) is 14.3 Å². The van der Waals surface area contributed by atoms with E-state index >= 15 is 0 Å². The molecule has 5 nitrogen and oxygen atoms in total. The smallest absolute Gasteiger partial charge is 0.308 e. The van der Waals surface area contributed by atoms with Crippen molar-refractivity contribution in [2.24, 2.45) is 11.3 Å². The van der Waals surface area contributed by atoms with E-state index in [9.17, 15) is 19.1 Å². The SMILES string of the molecule is O=C(O)[C@@H]1CN(C(=O)C2(CF)CCOCC2)C[C@H]1c1ccccc1. The molecular formula is C18H22FNO4. The lowest BCUT2D eigenvalue weighted by Crippen LogP contribution is -2.47. The number of hydrogen-bond acceptors (Lipinski definition) is 3. The molecule has 0 aromatic heterocycles. The monoisotopic (exact) mass is 335 g/mol. The van der Waals surface area contributed by atoms with Crippen LogP contribution in [0.2, 0.25) is 0 Å². The Balaban J connectivity index is 1.82. The Kier molecular flexibility index (Phi) is 4.85. The number of nitrogens with zero attached hydrogens (tertiary/aromatic N) is 1. The van der Waals surface area contributed by atoms with Crippen molar-refractivity contribution in [1.29, 1.82) is 0 Å². The third-order valence-electron chi connectivity index (χ3n) is 5.31. The maximum atomic E-state index is 13.7. The van der Waals surface area contributed by atoms with Gasteiger partial charge in [0.2, 0.25) is 5.91 Å². The van der Waals surface area contributed by atoms with Crippen molar-refractivity contribution < 1.29 is 23.8 Å². The van der Waals surface area contributed by atoms with Gasteiger partial charge < -0.3 is 14.7 Å². The largest absolute Gasteiger partial charge is 0.481 e. The number of hydrogen-bond donors (Lipinski definition) is 1. The number of carboxylic acid groups (broad SMARTS) is 1. The second-order valence-electron chi connectivity index (χ2n) is 6.70. The summed E-state index contributed by atoms with van der Waals surface area (Å²) >= 11 is 0.